The van der Waals surface area contributed by atoms with E-state index in [1.165, 1.54) is 0 Å². The van der Waals surface area contributed by atoms with Crippen LogP contribution in [0.5, 0.6) is 5.75 Å². The van der Waals surface area contributed by atoms with E-state index in [9.17, 15) is 4.79 Å². The summed E-state index contributed by atoms with van der Waals surface area (Å²) in [6.45, 7) is 3.90. The molecule has 7 heteroatoms. The van der Waals surface area contributed by atoms with Crippen molar-refractivity contribution in [1.29, 1.82) is 0 Å². The van der Waals surface area contributed by atoms with Crippen LogP contribution < -0.4 is 15.4 Å². The predicted molar refractivity (Wildman–Crippen MR) is 103 cm³/mol. The molecule has 1 aromatic carbocycles. The summed E-state index contributed by atoms with van der Waals surface area (Å²) in [5, 5.41) is 6.06. The molecule has 0 saturated heterocycles. The van der Waals surface area contributed by atoms with Crippen molar-refractivity contribution in [2.75, 3.05) is 39.6 Å². The molecule has 2 aromatic rings. The lowest BCUT2D eigenvalue weighted by Gasteiger charge is -2.12. The summed E-state index contributed by atoms with van der Waals surface area (Å²) in [7, 11) is 5.66. The number of aromatic nitrogens is 2. The number of hydrogen-bond acceptors (Lipinski definition) is 6. The number of benzene rings is 1. The molecule has 1 amide bonds. The van der Waals surface area contributed by atoms with Gasteiger partial charge in [-0.15, -0.1) is 0 Å². The van der Waals surface area contributed by atoms with Crippen LogP contribution in [0.1, 0.15) is 28.2 Å². The van der Waals surface area contributed by atoms with Crippen LogP contribution in [0.15, 0.2) is 30.3 Å². The predicted octanol–water partition coefficient (Wildman–Crippen LogP) is 2.09. The summed E-state index contributed by atoms with van der Waals surface area (Å²) in [6.07, 6.45) is 0.891. The number of methoxy groups -OCH3 is 1. The van der Waals surface area contributed by atoms with E-state index in [0.29, 0.717) is 24.7 Å². The quantitative estimate of drug-likeness (QED) is 0.669. The van der Waals surface area contributed by atoms with Crippen molar-refractivity contribution in [3.63, 3.8) is 0 Å². The summed E-state index contributed by atoms with van der Waals surface area (Å²) < 4.78 is 5.34. The van der Waals surface area contributed by atoms with Crippen LogP contribution in [0, 0.1) is 6.92 Å². The van der Waals surface area contributed by atoms with E-state index < -0.39 is 0 Å². The lowest BCUT2D eigenvalue weighted by molar-refractivity contribution is 0.0947. The second-order valence-corrected chi connectivity index (χ2v) is 6.30. The van der Waals surface area contributed by atoms with Gasteiger partial charge in [0, 0.05) is 24.3 Å². The molecule has 0 atom stereocenters. The number of carbonyl (C=O) groups is 1. The first-order chi connectivity index (χ1) is 12.5. The Morgan fingerprint density at radius 3 is 2.73 bits per heavy atom. The molecule has 2 rings (SSSR count). The molecule has 1 heterocycles. The van der Waals surface area contributed by atoms with Gasteiger partial charge in [-0.3, -0.25) is 4.79 Å². The number of anilines is 1. The fourth-order valence-corrected chi connectivity index (χ4v) is 2.47. The van der Waals surface area contributed by atoms with Gasteiger partial charge in [0.05, 0.1) is 7.11 Å². The maximum atomic E-state index is 12.3. The Labute approximate surface area is 154 Å². The van der Waals surface area contributed by atoms with Gasteiger partial charge in [-0.2, -0.15) is 0 Å². The van der Waals surface area contributed by atoms with Crippen molar-refractivity contribution in [2.45, 2.75) is 19.9 Å². The molecule has 0 aliphatic carbocycles. The van der Waals surface area contributed by atoms with Crippen molar-refractivity contribution in [1.82, 2.24) is 20.2 Å². The Bertz CT molecular complexity index is 734. The van der Waals surface area contributed by atoms with Crippen molar-refractivity contribution in [2.24, 2.45) is 0 Å². The average Bonchev–Trinajstić information content (AvgIpc) is 2.63. The molecule has 0 fully saturated rings. The highest BCUT2D eigenvalue weighted by Gasteiger charge is 2.11. The van der Waals surface area contributed by atoms with Gasteiger partial charge in [0.2, 0.25) is 5.95 Å². The minimum absolute atomic E-state index is 0.186. The van der Waals surface area contributed by atoms with Crippen LogP contribution in [0.25, 0.3) is 0 Å². The minimum atomic E-state index is -0.186. The molecular formula is C19H27N5O2. The van der Waals surface area contributed by atoms with E-state index in [1.54, 1.807) is 13.2 Å². The largest absolute Gasteiger partial charge is 0.496 e. The number of hydrogen-bond donors (Lipinski definition) is 2. The van der Waals surface area contributed by atoms with Gasteiger partial charge in [-0.1, -0.05) is 18.2 Å². The number of amides is 1. The van der Waals surface area contributed by atoms with Gasteiger partial charge in [-0.05, 0) is 46.1 Å². The molecule has 1 aromatic heterocycles. The normalized spacial score (nSPS) is 10.7. The molecule has 26 heavy (non-hydrogen) atoms. The first-order valence-corrected chi connectivity index (χ1v) is 8.64. The summed E-state index contributed by atoms with van der Waals surface area (Å²) >= 11 is 0. The van der Waals surface area contributed by atoms with Crippen LogP contribution in [0.2, 0.25) is 0 Å². The second-order valence-electron chi connectivity index (χ2n) is 6.30. The van der Waals surface area contributed by atoms with E-state index in [0.717, 1.165) is 30.0 Å². The van der Waals surface area contributed by atoms with Gasteiger partial charge < -0.3 is 20.3 Å². The van der Waals surface area contributed by atoms with Gasteiger partial charge in [0.25, 0.3) is 5.91 Å². The molecule has 0 saturated carbocycles. The molecule has 0 unspecified atom stereocenters. The Morgan fingerprint density at radius 1 is 1.23 bits per heavy atom. The van der Waals surface area contributed by atoms with Crippen LogP contribution in [0.3, 0.4) is 0 Å². The van der Waals surface area contributed by atoms with Crippen LogP contribution in [0.4, 0.5) is 5.95 Å². The van der Waals surface area contributed by atoms with Crippen molar-refractivity contribution < 1.29 is 9.53 Å². The Balaban J connectivity index is 1.99. The first kappa shape index (κ1) is 19.7. The van der Waals surface area contributed by atoms with E-state index in [-0.39, 0.29) is 5.91 Å². The molecule has 0 bridgehead atoms. The third-order valence-electron chi connectivity index (χ3n) is 3.78. The number of aryl methyl sites for hydroxylation is 1. The zero-order chi connectivity index (χ0) is 18.9. The van der Waals surface area contributed by atoms with Crippen molar-refractivity contribution in [3.05, 3.63) is 47.3 Å². The van der Waals surface area contributed by atoms with Gasteiger partial charge in [0.15, 0.2) is 0 Å². The summed E-state index contributed by atoms with van der Waals surface area (Å²) in [4.78, 5) is 23.1. The Hall–Kier alpha value is -2.67. The van der Waals surface area contributed by atoms with Crippen LogP contribution in [-0.2, 0) is 6.54 Å². The highest BCUT2D eigenvalue weighted by Crippen LogP contribution is 2.18. The van der Waals surface area contributed by atoms with E-state index >= 15 is 0 Å². The van der Waals surface area contributed by atoms with Crippen LogP contribution >= 0.6 is 0 Å². The zero-order valence-electron chi connectivity index (χ0n) is 15.9. The highest BCUT2D eigenvalue weighted by atomic mass is 16.5. The molecule has 0 spiro atoms. The summed E-state index contributed by atoms with van der Waals surface area (Å²) in [5.41, 5.74) is 2.10. The van der Waals surface area contributed by atoms with E-state index in [4.69, 9.17) is 4.74 Å². The maximum Gasteiger partial charge on any atom is 0.270 e. The number of carbonyl (C=O) groups excluding carboxylic acids is 1. The molecule has 0 aliphatic rings. The Morgan fingerprint density at radius 2 is 2.00 bits per heavy atom. The average molecular weight is 357 g/mol. The zero-order valence-corrected chi connectivity index (χ0v) is 15.9. The molecule has 0 aliphatic heterocycles. The highest BCUT2D eigenvalue weighted by molar-refractivity contribution is 5.92. The molecule has 0 radical (unpaired) electrons. The topological polar surface area (TPSA) is 79.4 Å². The monoisotopic (exact) mass is 357 g/mol. The van der Waals surface area contributed by atoms with E-state index in [2.05, 4.69) is 25.5 Å². The minimum Gasteiger partial charge on any atom is -0.496 e. The standard InChI is InChI=1S/C19H27N5O2/c1-14-12-16(18(25)20-10-7-11-24(2)3)23-19(22-14)21-13-15-8-5-6-9-17(15)26-4/h5-6,8-9,12H,7,10-11,13H2,1-4H3,(H,20,25)(H,21,22,23). The Kier molecular flexibility index (Phi) is 7.35. The summed E-state index contributed by atoms with van der Waals surface area (Å²) in [5.74, 6) is 1.04. The van der Waals surface area contributed by atoms with E-state index in [1.807, 2.05) is 45.3 Å². The first-order valence-electron chi connectivity index (χ1n) is 8.64. The number of para-hydroxylation sites is 1. The summed E-state index contributed by atoms with van der Waals surface area (Å²) in [6, 6.07) is 9.43. The number of nitrogens with one attached hydrogen (secondary N) is 2. The van der Waals surface area contributed by atoms with Crippen molar-refractivity contribution in [3.8, 4) is 5.75 Å². The third-order valence-corrected chi connectivity index (χ3v) is 3.78. The lowest BCUT2D eigenvalue weighted by Crippen LogP contribution is -2.28. The number of rotatable bonds is 9. The van der Waals surface area contributed by atoms with Gasteiger partial charge in [-0.25, -0.2) is 9.97 Å². The van der Waals surface area contributed by atoms with Crippen LogP contribution in [-0.4, -0.2) is 55.1 Å². The molecule has 140 valence electrons. The molecular weight excluding hydrogens is 330 g/mol. The number of ether oxygens (including phenoxy) is 1. The maximum absolute atomic E-state index is 12.3. The lowest BCUT2D eigenvalue weighted by atomic mass is 10.2. The smallest absolute Gasteiger partial charge is 0.270 e. The number of nitrogens with zero attached hydrogens (tertiary/aromatic N) is 3. The third kappa shape index (κ3) is 6.00. The SMILES string of the molecule is COc1ccccc1CNc1nc(C)cc(C(=O)NCCCN(C)C)n1. The fourth-order valence-electron chi connectivity index (χ4n) is 2.47. The van der Waals surface area contributed by atoms with Gasteiger partial charge in [0.1, 0.15) is 11.4 Å². The molecule has 2 N–H and O–H groups in total. The molecule has 7 nitrogen and oxygen atoms in total. The van der Waals surface area contributed by atoms with Crippen molar-refractivity contribution >= 4 is 11.9 Å². The second kappa shape index (κ2) is 9.72. The van der Waals surface area contributed by atoms with Gasteiger partial charge >= 0.3 is 0 Å². The fraction of sp³-hybridized carbons (Fsp3) is 0.421.